The first kappa shape index (κ1) is 18.3. The normalized spacial score (nSPS) is 12.1. The van der Waals surface area contributed by atoms with Crippen LogP contribution in [0.2, 0.25) is 0 Å². The molecule has 0 fully saturated rings. The summed E-state index contributed by atoms with van der Waals surface area (Å²) in [6.45, 7) is 3.78. The average molecular weight is 388 g/mol. The number of ether oxygens (including phenoxy) is 1. The van der Waals surface area contributed by atoms with Crippen LogP contribution in [0, 0.1) is 12.7 Å². The maximum Gasteiger partial charge on any atom is 0.573 e. The molecular formula is C21H16F4N2O. The molecule has 4 aromatic rings. The van der Waals surface area contributed by atoms with E-state index in [0.717, 1.165) is 23.1 Å². The molecule has 0 unspecified atom stereocenters. The number of fused-ring (bicyclic) bond motifs is 3. The van der Waals surface area contributed by atoms with E-state index in [-0.39, 0.29) is 17.1 Å². The van der Waals surface area contributed by atoms with Gasteiger partial charge in [0.15, 0.2) is 5.75 Å². The number of hydrogen-bond donors (Lipinski definition) is 0. The first-order chi connectivity index (χ1) is 13.3. The quantitative estimate of drug-likeness (QED) is 0.397. The summed E-state index contributed by atoms with van der Waals surface area (Å²) in [6.07, 6.45) is -0.608. The third kappa shape index (κ3) is 3.06. The molecule has 0 aliphatic rings. The van der Waals surface area contributed by atoms with E-state index in [1.807, 2.05) is 17.7 Å². The summed E-state index contributed by atoms with van der Waals surface area (Å²) in [4.78, 5) is 4.25. The molecule has 4 rings (SSSR count). The number of nitrogens with zero attached hydrogens (tertiary/aromatic N) is 2. The largest absolute Gasteiger partial charge is 0.573 e. The van der Waals surface area contributed by atoms with Crippen LogP contribution in [-0.2, 0) is 6.42 Å². The van der Waals surface area contributed by atoms with Gasteiger partial charge in [-0.2, -0.15) is 0 Å². The standard InChI is InChI=1S/C21H16F4N2O/c1-3-13-11-27(17-8-7-14(22)9-12(17)2)20-15-5-4-6-18(28-21(23,24)25)19(15)26-10-16(13)20/h4-11H,3H2,1-2H3. The van der Waals surface area contributed by atoms with Gasteiger partial charge >= 0.3 is 6.36 Å². The monoisotopic (exact) mass is 388 g/mol. The molecule has 0 saturated heterocycles. The lowest BCUT2D eigenvalue weighted by Crippen LogP contribution is -2.17. The van der Waals surface area contributed by atoms with Gasteiger partial charge < -0.3 is 9.30 Å². The van der Waals surface area contributed by atoms with E-state index >= 15 is 0 Å². The summed E-state index contributed by atoms with van der Waals surface area (Å²) >= 11 is 0. The van der Waals surface area contributed by atoms with E-state index in [1.54, 1.807) is 25.3 Å². The fourth-order valence-electron chi connectivity index (χ4n) is 3.53. The maximum absolute atomic E-state index is 13.6. The van der Waals surface area contributed by atoms with Crippen LogP contribution >= 0.6 is 0 Å². The Hall–Kier alpha value is -3.09. The molecule has 28 heavy (non-hydrogen) atoms. The van der Waals surface area contributed by atoms with E-state index in [1.165, 1.54) is 24.3 Å². The molecule has 0 aliphatic carbocycles. The molecule has 2 aromatic heterocycles. The highest BCUT2D eigenvalue weighted by Crippen LogP contribution is 2.36. The Morgan fingerprint density at radius 2 is 1.89 bits per heavy atom. The summed E-state index contributed by atoms with van der Waals surface area (Å²) in [5.41, 5.74) is 3.29. The first-order valence-electron chi connectivity index (χ1n) is 8.72. The molecule has 3 nitrogen and oxygen atoms in total. The number of halogens is 4. The highest BCUT2D eigenvalue weighted by Gasteiger charge is 2.32. The minimum absolute atomic E-state index is 0.120. The van der Waals surface area contributed by atoms with E-state index in [9.17, 15) is 17.6 Å². The van der Waals surface area contributed by atoms with Gasteiger partial charge in [-0.05, 0) is 48.7 Å². The molecule has 0 radical (unpaired) electrons. The molecule has 0 spiro atoms. The summed E-state index contributed by atoms with van der Waals surface area (Å²) in [7, 11) is 0. The van der Waals surface area contributed by atoms with E-state index < -0.39 is 6.36 Å². The predicted molar refractivity (Wildman–Crippen MR) is 99.3 cm³/mol. The van der Waals surface area contributed by atoms with Gasteiger partial charge in [0.05, 0.1) is 5.52 Å². The number of benzene rings is 2. The molecule has 0 bridgehead atoms. The van der Waals surface area contributed by atoms with Crippen LogP contribution in [0.5, 0.6) is 5.75 Å². The lowest BCUT2D eigenvalue weighted by Gasteiger charge is -2.13. The van der Waals surface area contributed by atoms with E-state index in [4.69, 9.17) is 0 Å². The number of hydrogen-bond acceptors (Lipinski definition) is 2. The molecule has 0 aliphatic heterocycles. The molecule has 2 heterocycles. The summed E-state index contributed by atoms with van der Waals surface area (Å²) in [6, 6.07) is 8.90. The van der Waals surface area contributed by atoms with Crippen molar-refractivity contribution in [1.29, 1.82) is 0 Å². The molecule has 0 saturated carbocycles. The topological polar surface area (TPSA) is 27.1 Å². The molecule has 0 amide bonds. The van der Waals surface area contributed by atoms with Gasteiger partial charge in [0, 0.05) is 28.9 Å². The second kappa shape index (κ2) is 6.51. The number of rotatable bonds is 3. The second-order valence-electron chi connectivity index (χ2n) is 6.53. The maximum atomic E-state index is 13.6. The summed E-state index contributed by atoms with van der Waals surface area (Å²) in [5, 5.41) is 1.37. The zero-order valence-corrected chi connectivity index (χ0v) is 15.1. The fraction of sp³-hybridized carbons (Fsp3) is 0.190. The van der Waals surface area contributed by atoms with Crippen LogP contribution in [0.25, 0.3) is 27.5 Å². The molecule has 2 aromatic carbocycles. The molecule has 144 valence electrons. The van der Waals surface area contributed by atoms with Crippen molar-refractivity contribution in [2.24, 2.45) is 0 Å². The Morgan fingerprint density at radius 1 is 1.11 bits per heavy atom. The van der Waals surface area contributed by atoms with Crippen molar-refractivity contribution in [1.82, 2.24) is 9.55 Å². The minimum atomic E-state index is -4.81. The van der Waals surface area contributed by atoms with E-state index in [2.05, 4.69) is 9.72 Å². The Labute approximate surface area is 158 Å². The molecule has 0 atom stereocenters. The van der Waals surface area contributed by atoms with Gasteiger partial charge in [-0.1, -0.05) is 19.1 Å². The van der Waals surface area contributed by atoms with Crippen LogP contribution in [-0.4, -0.2) is 15.9 Å². The highest BCUT2D eigenvalue weighted by atomic mass is 19.4. The Balaban J connectivity index is 2.07. The van der Waals surface area contributed by atoms with Gasteiger partial charge in [-0.3, -0.25) is 4.98 Å². The molecular weight excluding hydrogens is 372 g/mol. The van der Waals surface area contributed by atoms with Crippen molar-refractivity contribution in [3.63, 3.8) is 0 Å². The lowest BCUT2D eigenvalue weighted by molar-refractivity contribution is -0.274. The van der Waals surface area contributed by atoms with Crippen molar-refractivity contribution in [3.05, 3.63) is 65.7 Å². The number of aryl methyl sites for hydroxylation is 2. The summed E-state index contributed by atoms with van der Waals surface area (Å²) in [5.74, 6) is -0.700. The van der Waals surface area contributed by atoms with Crippen molar-refractivity contribution in [2.75, 3.05) is 0 Å². The molecule has 0 N–H and O–H groups in total. The van der Waals surface area contributed by atoms with Gasteiger partial charge in [0.25, 0.3) is 0 Å². The number of aromatic nitrogens is 2. The van der Waals surface area contributed by atoms with Crippen LogP contribution in [0.1, 0.15) is 18.1 Å². The summed E-state index contributed by atoms with van der Waals surface area (Å²) < 4.78 is 58.0. The smallest absolute Gasteiger partial charge is 0.403 e. The first-order valence-corrected chi connectivity index (χ1v) is 8.72. The molecule has 7 heteroatoms. The second-order valence-corrected chi connectivity index (χ2v) is 6.53. The predicted octanol–water partition coefficient (Wildman–Crippen LogP) is 6.09. The van der Waals surface area contributed by atoms with E-state index in [0.29, 0.717) is 16.5 Å². The Morgan fingerprint density at radius 3 is 2.57 bits per heavy atom. The van der Waals surface area contributed by atoms with Crippen molar-refractivity contribution in [3.8, 4) is 11.4 Å². The van der Waals surface area contributed by atoms with Crippen molar-refractivity contribution >= 4 is 21.8 Å². The number of pyridine rings is 1. The zero-order valence-electron chi connectivity index (χ0n) is 15.1. The lowest BCUT2D eigenvalue weighted by atomic mass is 10.1. The van der Waals surface area contributed by atoms with Gasteiger partial charge in [-0.15, -0.1) is 13.2 Å². The van der Waals surface area contributed by atoms with Gasteiger partial charge in [-0.25, -0.2) is 4.39 Å². The minimum Gasteiger partial charge on any atom is -0.403 e. The van der Waals surface area contributed by atoms with Gasteiger partial charge in [0.1, 0.15) is 11.3 Å². The zero-order chi connectivity index (χ0) is 20.1. The van der Waals surface area contributed by atoms with Crippen LogP contribution < -0.4 is 4.74 Å². The van der Waals surface area contributed by atoms with Crippen molar-refractivity contribution < 1.29 is 22.3 Å². The third-order valence-electron chi connectivity index (χ3n) is 4.73. The third-order valence-corrected chi connectivity index (χ3v) is 4.73. The van der Waals surface area contributed by atoms with Crippen LogP contribution in [0.4, 0.5) is 17.6 Å². The fourth-order valence-corrected chi connectivity index (χ4v) is 3.53. The SMILES string of the molecule is CCc1cn(-c2ccc(F)cc2C)c2c1cnc1c(OC(F)(F)F)cccc12. The number of para-hydroxylation sites is 1. The van der Waals surface area contributed by atoms with Crippen LogP contribution in [0.15, 0.2) is 48.8 Å². The Bertz CT molecular complexity index is 1190. The highest BCUT2D eigenvalue weighted by molar-refractivity contribution is 6.07. The van der Waals surface area contributed by atoms with Crippen LogP contribution in [0.3, 0.4) is 0 Å². The average Bonchev–Trinajstić information content (AvgIpc) is 2.99. The Kier molecular flexibility index (Phi) is 4.25. The number of alkyl halides is 3. The van der Waals surface area contributed by atoms with Gasteiger partial charge in [0.2, 0.25) is 0 Å². The van der Waals surface area contributed by atoms with Crippen molar-refractivity contribution in [2.45, 2.75) is 26.6 Å².